The number of nitrogens with zero attached hydrogens (tertiary/aromatic N) is 1. The summed E-state index contributed by atoms with van der Waals surface area (Å²) in [6, 6.07) is 15.4. The van der Waals surface area contributed by atoms with Crippen LogP contribution in [0.4, 0.5) is 0 Å². The fraction of sp³-hybridized carbons (Fsp3) is 0.0556. The van der Waals surface area contributed by atoms with Crippen LogP contribution >= 0.6 is 11.6 Å². The number of amides is 2. The van der Waals surface area contributed by atoms with Crippen molar-refractivity contribution in [1.29, 1.82) is 5.26 Å². The smallest absolute Gasteiger partial charge is 0.276 e. The van der Waals surface area contributed by atoms with Crippen LogP contribution < -0.4 is 15.6 Å². The normalized spacial score (nSPS) is 10.1. The third kappa shape index (κ3) is 6.01. The molecule has 0 radical (unpaired) electrons. The molecule has 0 bridgehead atoms. The standard InChI is InChI=1S/C18H14ClN3O3/c19-16-4-2-1-3-14(16)7-10-17(23)21-22-18(24)12-25-15-8-5-13(11-20)6-9-15/h1-10H,12H2,(H,21,23)(H,22,24)/b10-7+. The Morgan fingerprint density at radius 2 is 1.84 bits per heavy atom. The summed E-state index contributed by atoms with van der Waals surface area (Å²) in [4.78, 5) is 23.3. The third-order valence-corrected chi connectivity index (χ3v) is 3.34. The van der Waals surface area contributed by atoms with Gasteiger partial charge in [0, 0.05) is 11.1 Å². The van der Waals surface area contributed by atoms with E-state index in [9.17, 15) is 9.59 Å². The predicted octanol–water partition coefficient (Wildman–Crippen LogP) is 2.45. The highest BCUT2D eigenvalue weighted by atomic mass is 35.5. The van der Waals surface area contributed by atoms with Gasteiger partial charge in [0.15, 0.2) is 6.61 Å². The van der Waals surface area contributed by atoms with Crippen molar-refractivity contribution in [1.82, 2.24) is 10.9 Å². The highest BCUT2D eigenvalue weighted by Crippen LogP contribution is 2.16. The van der Waals surface area contributed by atoms with Gasteiger partial charge < -0.3 is 4.74 Å². The van der Waals surface area contributed by atoms with E-state index in [1.54, 1.807) is 48.5 Å². The number of benzene rings is 2. The van der Waals surface area contributed by atoms with Crippen LogP contribution in [-0.2, 0) is 9.59 Å². The Hall–Kier alpha value is -3.30. The molecule has 2 amide bonds. The molecule has 6 nitrogen and oxygen atoms in total. The summed E-state index contributed by atoms with van der Waals surface area (Å²) >= 11 is 5.97. The van der Waals surface area contributed by atoms with E-state index in [1.165, 1.54) is 12.2 Å². The van der Waals surface area contributed by atoms with Crippen molar-refractivity contribution in [2.75, 3.05) is 6.61 Å². The van der Waals surface area contributed by atoms with Gasteiger partial charge >= 0.3 is 0 Å². The Kier molecular flexibility index (Phi) is 6.57. The summed E-state index contributed by atoms with van der Waals surface area (Å²) in [5.74, 6) is -0.588. The zero-order valence-corrected chi connectivity index (χ0v) is 13.8. The van der Waals surface area contributed by atoms with Crippen LogP contribution in [0.3, 0.4) is 0 Å². The van der Waals surface area contributed by atoms with E-state index in [0.717, 1.165) is 0 Å². The molecule has 0 aliphatic heterocycles. The van der Waals surface area contributed by atoms with Gasteiger partial charge in [-0.1, -0.05) is 29.8 Å². The van der Waals surface area contributed by atoms with E-state index in [2.05, 4.69) is 10.9 Å². The van der Waals surface area contributed by atoms with Crippen molar-refractivity contribution in [2.45, 2.75) is 0 Å². The van der Waals surface area contributed by atoms with Gasteiger partial charge in [0.25, 0.3) is 11.8 Å². The monoisotopic (exact) mass is 355 g/mol. The fourth-order valence-corrected chi connectivity index (χ4v) is 1.96. The molecule has 2 N–H and O–H groups in total. The van der Waals surface area contributed by atoms with Crippen LogP contribution in [0.1, 0.15) is 11.1 Å². The third-order valence-electron chi connectivity index (χ3n) is 3.00. The van der Waals surface area contributed by atoms with E-state index in [1.807, 2.05) is 6.07 Å². The Labute approximate surface area is 149 Å². The van der Waals surface area contributed by atoms with Crippen molar-refractivity contribution in [3.8, 4) is 11.8 Å². The first-order chi connectivity index (χ1) is 12.1. The Morgan fingerprint density at radius 3 is 2.52 bits per heavy atom. The number of halogens is 1. The number of hydrazine groups is 1. The van der Waals surface area contributed by atoms with Crippen molar-refractivity contribution >= 4 is 29.5 Å². The first kappa shape index (κ1) is 18.0. The Morgan fingerprint density at radius 1 is 1.12 bits per heavy atom. The molecule has 2 rings (SSSR count). The van der Waals surface area contributed by atoms with E-state index < -0.39 is 11.8 Å². The predicted molar refractivity (Wildman–Crippen MR) is 93.4 cm³/mol. The highest BCUT2D eigenvalue weighted by Gasteiger charge is 2.04. The Balaban J connectivity index is 1.74. The lowest BCUT2D eigenvalue weighted by Gasteiger charge is -2.07. The van der Waals surface area contributed by atoms with Gasteiger partial charge in [-0.05, 0) is 42.0 Å². The van der Waals surface area contributed by atoms with E-state index in [-0.39, 0.29) is 6.61 Å². The van der Waals surface area contributed by atoms with Crippen molar-refractivity contribution < 1.29 is 14.3 Å². The molecule has 0 aromatic heterocycles. The second kappa shape index (κ2) is 9.11. The lowest BCUT2D eigenvalue weighted by atomic mass is 10.2. The molecule has 25 heavy (non-hydrogen) atoms. The summed E-state index contributed by atoms with van der Waals surface area (Å²) in [6.07, 6.45) is 2.79. The number of carbonyl (C=O) groups is 2. The molecule has 2 aromatic carbocycles. The zero-order valence-electron chi connectivity index (χ0n) is 13.0. The van der Waals surface area contributed by atoms with Crippen LogP contribution in [0.2, 0.25) is 5.02 Å². The van der Waals surface area contributed by atoms with Crippen LogP contribution in [0, 0.1) is 11.3 Å². The molecule has 0 saturated heterocycles. The SMILES string of the molecule is N#Cc1ccc(OCC(=O)NNC(=O)/C=C/c2ccccc2Cl)cc1. The second-order valence-corrected chi connectivity index (χ2v) is 5.22. The summed E-state index contributed by atoms with van der Waals surface area (Å²) in [6.45, 7) is -0.277. The van der Waals surface area contributed by atoms with Crippen LogP contribution in [0.5, 0.6) is 5.75 Å². The highest BCUT2D eigenvalue weighted by molar-refractivity contribution is 6.32. The summed E-state index contributed by atoms with van der Waals surface area (Å²) < 4.78 is 5.24. The topological polar surface area (TPSA) is 91.2 Å². The fourth-order valence-electron chi connectivity index (χ4n) is 1.76. The Bertz CT molecular complexity index is 826. The molecule has 0 saturated carbocycles. The van der Waals surface area contributed by atoms with Crippen LogP contribution in [-0.4, -0.2) is 18.4 Å². The maximum Gasteiger partial charge on any atom is 0.276 e. The summed E-state index contributed by atoms with van der Waals surface area (Å²) in [5, 5.41) is 9.21. The number of ether oxygens (including phenoxy) is 1. The lowest BCUT2D eigenvalue weighted by Crippen LogP contribution is -2.43. The quantitative estimate of drug-likeness (QED) is 0.636. The number of hydrogen-bond acceptors (Lipinski definition) is 4. The molecule has 0 aliphatic rings. The zero-order chi connectivity index (χ0) is 18.1. The molecule has 0 atom stereocenters. The average Bonchev–Trinajstić information content (AvgIpc) is 2.64. The minimum absolute atomic E-state index is 0.277. The molecule has 0 unspecified atom stereocenters. The molecule has 2 aromatic rings. The average molecular weight is 356 g/mol. The summed E-state index contributed by atoms with van der Waals surface area (Å²) in [5.41, 5.74) is 5.65. The van der Waals surface area contributed by atoms with Crippen LogP contribution in [0.25, 0.3) is 6.08 Å². The van der Waals surface area contributed by atoms with Gasteiger partial charge in [-0.25, -0.2) is 0 Å². The van der Waals surface area contributed by atoms with Gasteiger partial charge in [0.05, 0.1) is 11.6 Å². The minimum Gasteiger partial charge on any atom is -0.484 e. The maximum absolute atomic E-state index is 11.6. The van der Waals surface area contributed by atoms with Gasteiger partial charge in [-0.15, -0.1) is 0 Å². The van der Waals surface area contributed by atoms with E-state index in [4.69, 9.17) is 21.6 Å². The molecule has 0 aliphatic carbocycles. The second-order valence-electron chi connectivity index (χ2n) is 4.82. The molecule has 0 heterocycles. The molecule has 0 spiro atoms. The van der Waals surface area contributed by atoms with Gasteiger partial charge in [0.2, 0.25) is 0 Å². The summed E-state index contributed by atoms with van der Waals surface area (Å²) in [7, 11) is 0. The van der Waals surface area contributed by atoms with E-state index in [0.29, 0.717) is 21.9 Å². The van der Waals surface area contributed by atoms with Gasteiger partial charge in [0.1, 0.15) is 5.75 Å². The largest absolute Gasteiger partial charge is 0.484 e. The van der Waals surface area contributed by atoms with Gasteiger partial charge in [-0.2, -0.15) is 5.26 Å². The minimum atomic E-state index is -0.524. The van der Waals surface area contributed by atoms with Crippen molar-refractivity contribution in [3.05, 3.63) is 70.8 Å². The number of nitriles is 1. The number of hydrogen-bond donors (Lipinski definition) is 2. The van der Waals surface area contributed by atoms with Crippen molar-refractivity contribution in [2.24, 2.45) is 0 Å². The molecule has 0 fully saturated rings. The first-order valence-corrected chi connectivity index (χ1v) is 7.60. The van der Waals surface area contributed by atoms with Crippen LogP contribution in [0.15, 0.2) is 54.6 Å². The maximum atomic E-state index is 11.6. The van der Waals surface area contributed by atoms with Gasteiger partial charge in [-0.3, -0.25) is 20.4 Å². The molecular weight excluding hydrogens is 342 g/mol. The van der Waals surface area contributed by atoms with E-state index >= 15 is 0 Å². The first-order valence-electron chi connectivity index (χ1n) is 7.23. The molecule has 7 heteroatoms. The lowest BCUT2D eigenvalue weighted by molar-refractivity contribution is -0.128. The van der Waals surface area contributed by atoms with Crippen molar-refractivity contribution in [3.63, 3.8) is 0 Å². The number of rotatable bonds is 5. The molecule has 126 valence electrons. The number of carbonyl (C=O) groups excluding carboxylic acids is 2. The molecular formula is C18H14ClN3O3. The number of nitrogens with one attached hydrogen (secondary N) is 2.